The highest BCUT2D eigenvalue weighted by molar-refractivity contribution is 7.89. The first-order valence-electron chi connectivity index (χ1n) is 7.32. The van der Waals surface area contributed by atoms with Gasteiger partial charge in [-0.1, -0.05) is 48.9 Å². The molecule has 5 heteroatoms. The molecule has 0 aliphatic carbocycles. The minimum Gasteiger partial charge on any atom is -0.207 e. The third-order valence-corrected chi connectivity index (χ3v) is 6.36. The maximum Gasteiger partial charge on any atom is 0.243 e. The van der Waals surface area contributed by atoms with Gasteiger partial charge in [-0.3, -0.25) is 0 Å². The van der Waals surface area contributed by atoms with Crippen molar-refractivity contribution in [3.8, 4) is 0 Å². The van der Waals surface area contributed by atoms with Crippen LogP contribution in [0.15, 0.2) is 59.5 Å². The smallest absolute Gasteiger partial charge is 0.207 e. The maximum atomic E-state index is 12.9. The van der Waals surface area contributed by atoms with Gasteiger partial charge < -0.3 is 0 Å². The Kier molecular flexibility index (Phi) is 4.26. The summed E-state index contributed by atoms with van der Waals surface area (Å²) >= 11 is 5.95. The second-order valence-electron chi connectivity index (χ2n) is 5.69. The van der Waals surface area contributed by atoms with Gasteiger partial charge in [0.05, 0.1) is 10.9 Å². The van der Waals surface area contributed by atoms with Gasteiger partial charge in [-0.15, -0.1) is 0 Å². The predicted octanol–water partition coefficient (Wildman–Crippen LogP) is 4.11. The lowest BCUT2D eigenvalue weighted by Crippen LogP contribution is -2.31. The van der Waals surface area contributed by atoms with Crippen LogP contribution in [-0.2, 0) is 10.0 Å². The summed E-state index contributed by atoms with van der Waals surface area (Å²) < 4.78 is 27.5. The molecule has 0 spiro atoms. The maximum absolute atomic E-state index is 12.9. The molecule has 3 nitrogen and oxygen atoms in total. The Morgan fingerprint density at radius 2 is 1.68 bits per heavy atom. The van der Waals surface area contributed by atoms with E-state index in [1.54, 1.807) is 28.6 Å². The van der Waals surface area contributed by atoms with Crippen LogP contribution in [0.25, 0.3) is 0 Å². The minimum absolute atomic E-state index is 0.137. The molecule has 2 aromatic rings. The van der Waals surface area contributed by atoms with Crippen LogP contribution in [0.2, 0.25) is 5.02 Å². The largest absolute Gasteiger partial charge is 0.243 e. The summed E-state index contributed by atoms with van der Waals surface area (Å²) in [5.41, 5.74) is 0.994. The highest BCUT2D eigenvalue weighted by Crippen LogP contribution is 2.40. The van der Waals surface area contributed by atoms with Gasteiger partial charge in [-0.2, -0.15) is 4.31 Å². The van der Waals surface area contributed by atoms with Crippen molar-refractivity contribution in [1.82, 2.24) is 4.31 Å². The fourth-order valence-corrected chi connectivity index (χ4v) is 4.94. The van der Waals surface area contributed by atoms with Crippen LogP contribution >= 0.6 is 11.6 Å². The number of nitrogens with zero attached hydrogens (tertiary/aromatic N) is 1. The minimum atomic E-state index is -3.48. The first-order valence-corrected chi connectivity index (χ1v) is 9.14. The Morgan fingerprint density at radius 1 is 1.05 bits per heavy atom. The van der Waals surface area contributed by atoms with E-state index < -0.39 is 10.0 Å². The zero-order valence-corrected chi connectivity index (χ0v) is 13.9. The van der Waals surface area contributed by atoms with Crippen LogP contribution in [0, 0.1) is 5.92 Å². The molecule has 0 aromatic heterocycles. The molecule has 1 saturated heterocycles. The third kappa shape index (κ3) is 2.78. The molecular formula is C17H18ClNO2S. The second kappa shape index (κ2) is 6.03. The van der Waals surface area contributed by atoms with E-state index in [0.29, 0.717) is 16.5 Å². The van der Waals surface area contributed by atoms with Gasteiger partial charge in [-0.25, -0.2) is 8.42 Å². The SMILES string of the molecule is CC1CCN(S(=O)(=O)c2ccccc2)C1c1ccc(Cl)cc1. The van der Waals surface area contributed by atoms with Crippen molar-refractivity contribution in [2.45, 2.75) is 24.3 Å². The molecule has 0 saturated carbocycles. The van der Waals surface area contributed by atoms with Crippen molar-refractivity contribution in [2.24, 2.45) is 5.92 Å². The summed E-state index contributed by atoms with van der Waals surface area (Å²) in [6.07, 6.45) is 0.860. The monoisotopic (exact) mass is 335 g/mol. The molecule has 22 heavy (non-hydrogen) atoms. The summed E-state index contributed by atoms with van der Waals surface area (Å²) in [5, 5.41) is 0.659. The normalized spacial score (nSPS) is 22.8. The van der Waals surface area contributed by atoms with Crippen molar-refractivity contribution < 1.29 is 8.42 Å². The van der Waals surface area contributed by atoms with Crippen LogP contribution in [0.4, 0.5) is 0 Å². The van der Waals surface area contributed by atoms with Gasteiger partial charge in [0.1, 0.15) is 0 Å². The average Bonchev–Trinajstić information content (AvgIpc) is 2.91. The number of hydrogen-bond donors (Lipinski definition) is 0. The summed E-state index contributed by atoms with van der Waals surface area (Å²) in [6.45, 7) is 2.64. The van der Waals surface area contributed by atoms with Crippen molar-refractivity contribution in [1.29, 1.82) is 0 Å². The Bertz CT molecular complexity index is 744. The average molecular weight is 336 g/mol. The fourth-order valence-electron chi connectivity index (χ4n) is 3.06. The number of benzene rings is 2. The molecule has 0 bridgehead atoms. The standard InChI is InChI=1S/C17H18ClNO2S/c1-13-11-12-19(17(13)14-7-9-15(18)10-8-14)22(20,21)16-5-3-2-4-6-16/h2-10,13,17H,11-12H2,1H3. The van der Waals surface area contributed by atoms with Crippen molar-refractivity contribution in [2.75, 3.05) is 6.54 Å². The van der Waals surface area contributed by atoms with E-state index in [4.69, 9.17) is 11.6 Å². The van der Waals surface area contributed by atoms with E-state index in [0.717, 1.165) is 12.0 Å². The molecule has 0 amide bonds. The van der Waals surface area contributed by atoms with E-state index in [-0.39, 0.29) is 12.0 Å². The molecule has 3 rings (SSSR count). The molecule has 2 atom stereocenters. The van der Waals surface area contributed by atoms with Gasteiger partial charge in [-0.05, 0) is 42.2 Å². The molecule has 1 fully saturated rings. The fraction of sp³-hybridized carbons (Fsp3) is 0.294. The van der Waals surface area contributed by atoms with Gasteiger partial charge in [0.2, 0.25) is 10.0 Å². The van der Waals surface area contributed by atoms with Gasteiger partial charge in [0, 0.05) is 11.6 Å². The summed E-state index contributed by atoms with van der Waals surface area (Å²) in [4.78, 5) is 0.350. The lowest BCUT2D eigenvalue weighted by molar-refractivity contribution is 0.357. The molecular weight excluding hydrogens is 318 g/mol. The summed E-state index contributed by atoms with van der Waals surface area (Å²) in [6, 6.07) is 16.0. The molecule has 2 aromatic carbocycles. The van der Waals surface area contributed by atoms with Gasteiger partial charge >= 0.3 is 0 Å². The third-order valence-electron chi connectivity index (χ3n) is 4.22. The Hall–Kier alpha value is -1.36. The highest BCUT2D eigenvalue weighted by atomic mass is 35.5. The summed E-state index contributed by atoms with van der Waals surface area (Å²) in [7, 11) is -3.48. The number of sulfonamides is 1. The van der Waals surface area contributed by atoms with Gasteiger partial charge in [0.25, 0.3) is 0 Å². The van der Waals surface area contributed by atoms with Crippen LogP contribution in [0.5, 0.6) is 0 Å². The van der Waals surface area contributed by atoms with Crippen LogP contribution < -0.4 is 0 Å². The molecule has 1 aliphatic heterocycles. The van der Waals surface area contributed by atoms with Crippen LogP contribution in [0.1, 0.15) is 24.9 Å². The Labute approximate surface area is 136 Å². The molecule has 0 N–H and O–H groups in total. The Morgan fingerprint density at radius 3 is 2.32 bits per heavy atom. The lowest BCUT2D eigenvalue weighted by Gasteiger charge is -2.27. The van der Waals surface area contributed by atoms with Crippen molar-refractivity contribution >= 4 is 21.6 Å². The molecule has 1 heterocycles. The first-order chi connectivity index (χ1) is 10.5. The number of halogens is 1. The summed E-state index contributed by atoms with van der Waals surface area (Å²) in [5.74, 6) is 0.277. The highest BCUT2D eigenvalue weighted by Gasteiger charge is 2.40. The topological polar surface area (TPSA) is 37.4 Å². The quantitative estimate of drug-likeness (QED) is 0.846. The second-order valence-corrected chi connectivity index (χ2v) is 8.02. The van der Waals surface area contributed by atoms with Crippen LogP contribution in [0.3, 0.4) is 0 Å². The van der Waals surface area contributed by atoms with E-state index in [1.165, 1.54) is 0 Å². The van der Waals surface area contributed by atoms with Gasteiger partial charge in [0.15, 0.2) is 0 Å². The molecule has 2 unspecified atom stereocenters. The molecule has 1 aliphatic rings. The number of hydrogen-bond acceptors (Lipinski definition) is 2. The first kappa shape index (κ1) is 15.5. The van der Waals surface area contributed by atoms with Crippen molar-refractivity contribution in [3.05, 3.63) is 65.2 Å². The van der Waals surface area contributed by atoms with E-state index >= 15 is 0 Å². The molecule has 116 valence electrons. The predicted molar refractivity (Wildman–Crippen MR) is 88.3 cm³/mol. The Balaban J connectivity index is 2.01. The van der Waals surface area contributed by atoms with E-state index in [2.05, 4.69) is 6.92 Å². The van der Waals surface area contributed by atoms with E-state index in [1.807, 2.05) is 30.3 Å². The zero-order chi connectivity index (χ0) is 15.7. The lowest BCUT2D eigenvalue weighted by atomic mass is 9.96. The van der Waals surface area contributed by atoms with Crippen molar-refractivity contribution in [3.63, 3.8) is 0 Å². The van der Waals surface area contributed by atoms with Crippen LogP contribution in [-0.4, -0.2) is 19.3 Å². The van der Waals surface area contributed by atoms with E-state index in [9.17, 15) is 8.42 Å². The number of rotatable bonds is 3. The zero-order valence-electron chi connectivity index (χ0n) is 12.3. The molecule has 0 radical (unpaired) electrons.